The van der Waals surface area contributed by atoms with Crippen LogP contribution in [-0.2, 0) is 16.0 Å². The summed E-state index contributed by atoms with van der Waals surface area (Å²) in [7, 11) is 0. The van der Waals surface area contributed by atoms with Gasteiger partial charge in [-0.05, 0) is 82.9 Å². The number of carbonyl (C=O) groups excluding carboxylic acids is 2. The lowest BCUT2D eigenvalue weighted by Crippen LogP contribution is -1.98. The molecule has 0 aliphatic rings. The lowest BCUT2D eigenvalue weighted by molar-refractivity contribution is -0.117. The van der Waals surface area contributed by atoms with Gasteiger partial charge in [0.2, 0.25) is 0 Å². The van der Waals surface area contributed by atoms with Crippen molar-refractivity contribution in [3.05, 3.63) is 83.4 Å². The number of ketones is 1. The van der Waals surface area contributed by atoms with Crippen LogP contribution >= 0.6 is 0 Å². The van der Waals surface area contributed by atoms with Gasteiger partial charge in [0, 0.05) is 6.42 Å². The largest absolute Gasteiger partial charge is 0.304 e. The van der Waals surface area contributed by atoms with Crippen LogP contribution in [0.1, 0.15) is 88.5 Å². The van der Waals surface area contributed by atoms with Crippen molar-refractivity contribution in [3.63, 3.8) is 0 Å². The first-order valence-corrected chi connectivity index (χ1v) is 12.3. The number of hydrogen-bond acceptors (Lipinski definition) is 2. The van der Waals surface area contributed by atoms with Gasteiger partial charge in [0.15, 0.2) is 0 Å². The molecule has 0 aromatic heterocycles. The third-order valence-electron chi connectivity index (χ3n) is 5.32. The van der Waals surface area contributed by atoms with Crippen LogP contribution in [0.15, 0.2) is 61.2 Å². The van der Waals surface area contributed by atoms with Gasteiger partial charge in [-0.3, -0.25) is 0 Å². The van der Waals surface area contributed by atoms with Crippen molar-refractivity contribution in [1.82, 2.24) is 0 Å². The van der Waals surface area contributed by atoms with E-state index in [9.17, 15) is 4.79 Å². The highest BCUT2D eigenvalue weighted by molar-refractivity contribution is 5.75. The lowest BCUT2D eigenvalue weighted by Gasteiger charge is -2.10. The Kier molecular flexibility index (Phi) is 22.5. The Morgan fingerprint density at radius 3 is 1.76 bits per heavy atom. The van der Waals surface area contributed by atoms with Crippen molar-refractivity contribution in [2.24, 2.45) is 5.92 Å². The average molecular weight is 453 g/mol. The van der Waals surface area contributed by atoms with Crippen LogP contribution in [0.5, 0.6) is 0 Å². The second-order valence-corrected chi connectivity index (χ2v) is 8.39. The van der Waals surface area contributed by atoms with Crippen LogP contribution in [0, 0.1) is 26.7 Å². The number of allylic oxidation sites excluding steroid dienone is 1. The summed E-state index contributed by atoms with van der Waals surface area (Å²) >= 11 is 0. The molecule has 0 aliphatic carbocycles. The molecule has 2 heteroatoms. The number of unbranched alkanes of at least 4 members (excludes halogenated alkanes) is 1. The van der Waals surface area contributed by atoms with E-state index < -0.39 is 0 Å². The molecule has 0 N–H and O–H groups in total. The maximum atomic E-state index is 10.7. The molecule has 184 valence electrons. The molecule has 0 saturated carbocycles. The Labute approximate surface area is 204 Å². The Morgan fingerprint density at radius 2 is 1.39 bits per heavy atom. The van der Waals surface area contributed by atoms with Crippen LogP contribution in [0.2, 0.25) is 0 Å². The van der Waals surface area contributed by atoms with E-state index in [1.807, 2.05) is 6.08 Å². The summed E-state index contributed by atoms with van der Waals surface area (Å²) in [6.45, 7) is 17.7. The van der Waals surface area contributed by atoms with E-state index in [0.29, 0.717) is 11.7 Å². The maximum Gasteiger partial charge on any atom is 0.129 e. The third kappa shape index (κ3) is 21.1. The summed E-state index contributed by atoms with van der Waals surface area (Å²) < 4.78 is 0. The fourth-order valence-corrected chi connectivity index (χ4v) is 2.95. The molecule has 0 amide bonds. The predicted molar refractivity (Wildman–Crippen MR) is 146 cm³/mol. The topological polar surface area (TPSA) is 34.1 Å². The third-order valence-corrected chi connectivity index (χ3v) is 5.32. The fraction of sp³-hybridized carbons (Fsp3) is 0.484. The Hall–Kier alpha value is -2.48. The first-order chi connectivity index (χ1) is 15.7. The Morgan fingerprint density at radius 1 is 0.909 bits per heavy atom. The van der Waals surface area contributed by atoms with Crippen molar-refractivity contribution in [2.45, 2.75) is 93.4 Å². The van der Waals surface area contributed by atoms with Crippen molar-refractivity contribution in [2.75, 3.05) is 0 Å². The zero-order chi connectivity index (χ0) is 25.5. The number of hydrogen-bond donors (Lipinski definition) is 0. The molecule has 2 aromatic rings. The second kappa shape index (κ2) is 22.7. The molecule has 1 unspecified atom stereocenters. The van der Waals surface area contributed by atoms with Crippen LogP contribution in [0.25, 0.3) is 0 Å². The minimum Gasteiger partial charge on any atom is -0.304 e. The molecule has 0 radical (unpaired) electrons. The molecule has 0 heterocycles. The minimum atomic E-state index is 0.304. The van der Waals surface area contributed by atoms with Crippen molar-refractivity contribution in [3.8, 4) is 0 Å². The zero-order valence-corrected chi connectivity index (χ0v) is 22.3. The van der Waals surface area contributed by atoms with E-state index in [0.717, 1.165) is 32.0 Å². The van der Waals surface area contributed by atoms with E-state index in [1.165, 1.54) is 48.4 Å². The summed E-state index contributed by atoms with van der Waals surface area (Å²) in [6, 6.07) is 17.0. The number of aryl methyl sites for hydroxylation is 4. The number of rotatable bonds is 9. The van der Waals surface area contributed by atoms with Crippen molar-refractivity contribution < 1.29 is 9.59 Å². The molecule has 33 heavy (non-hydrogen) atoms. The summed E-state index contributed by atoms with van der Waals surface area (Å²) in [6.07, 6.45) is 10.6. The van der Waals surface area contributed by atoms with Crippen LogP contribution in [-0.4, -0.2) is 12.1 Å². The number of aldehydes is 1. The molecular weight excluding hydrogens is 404 g/mol. The van der Waals surface area contributed by atoms with E-state index in [4.69, 9.17) is 4.79 Å². The molecule has 1 atom stereocenters. The molecule has 2 nitrogen and oxygen atoms in total. The number of benzene rings is 2. The first-order valence-electron chi connectivity index (χ1n) is 12.3. The Balaban J connectivity index is 0. The van der Waals surface area contributed by atoms with E-state index >= 15 is 0 Å². The van der Waals surface area contributed by atoms with Crippen LogP contribution in [0.4, 0.5) is 0 Å². The zero-order valence-electron chi connectivity index (χ0n) is 22.3. The molecule has 2 aromatic carbocycles. The summed E-state index contributed by atoms with van der Waals surface area (Å²) in [5, 5.41) is 0. The normalized spacial score (nSPS) is 10.2. The average Bonchev–Trinajstić information content (AvgIpc) is 2.80. The van der Waals surface area contributed by atoms with Gasteiger partial charge < -0.3 is 9.59 Å². The molecule has 0 aliphatic heterocycles. The SMILES string of the molecule is C=CC(CCCC)CCCC(C)=O.CC=O.CCc1ccc(C)cc1.Cc1ccccc1C. The minimum absolute atomic E-state index is 0.304. The van der Waals surface area contributed by atoms with Gasteiger partial charge in [-0.15, -0.1) is 6.58 Å². The van der Waals surface area contributed by atoms with E-state index in [-0.39, 0.29) is 0 Å². The molecule has 0 saturated heterocycles. The maximum absolute atomic E-state index is 10.7. The number of carbonyl (C=O) groups is 2. The highest BCUT2D eigenvalue weighted by Gasteiger charge is 2.03. The first kappa shape index (κ1) is 32.7. The van der Waals surface area contributed by atoms with E-state index in [1.54, 1.807) is 6.92 Å². The molecule has 0 bridgehead atoms. The van der Waals surface area contributed by atoms with Gasteiger partial charge in [0.1, 0.15) is 12.1 Å². The highest BCUT2D eigenvalue weighted by Crippen LogP contribution is 2.16. The molecule has 0 spiro atoms. The molecule has 2 rings (SSSR count). The van der Waals surface area contributed by atoms with Crippen molar-refractivity contribution >= 4 is 12.1 Å². The Bertz CT molecular complexity index is 723. The highest BCUT2D eigenvalue weighted by atomic mass is 16.1. The van der Waals surface area contributed by atoms with Gasteiger partial charge in [-0.25, -0.2) is 0 Å². The van der Waals surface area contributed by atoms with Gasteiger partial charge in [0.25, 0.3) is 0 Å². The lowest BCUT2D eigenvalue weighted by atomic mass is 9.96. The van der Waals surface area contributed by atoms with Crippen LogP contribution in [0.3, 0.4) is 0 Å². The molecular formula is C31H48O2. The predicted octanol–water partition coefficient (Wildman–Crippen LogP) is 8.80. The summed E-state index contributed by atoms with van der Waals surface area (Å²) in [5.74, 6) is 0.928. The van der Waals surface area contributed by atoms with Gasteiger partial charge in [-0.2, -0.15) is 0 Å². The summed E-state index contributed by atoms with van der Waals surface area (Å²) in [5.41, 5.74) is 5.49. The second-order valence-electron chi connectivity index (χ2n) is 8.39. The van der Waals surface area contributed by atoms with Gasteiger partial charge in [0.05, 0.1) is 0 Å². The van der Waals surface area contributed by atoms with Crippen LogP contribution < -0.4 is 0 Å². The fourth-order valence-electron chi connectivity index (χ4n) is 2.95. The number of Topliss-reactive ketones (excluding diaryl/α,β-unsaturated/α-hetero) is 1. The quantitative estimate of drug-likeness (QED) is 0.281. The van der Waals surface area contributed by atoms with E-state index in [2.05, 4.69) is 89.7 Å². The standard InChI is InChI=1S/C12H22O.C9H12.C8H10.C2H4O/c1-4-6-9-12(5-2)10-7-8-11(3)13;1-3-9-6-4-8(2)5-7-9;1-7-5-3-4-6-8(7)2;1-2-3/h5,12H,2,4,6-10H2,1,3H3;4-7H,3H2,1-2H3;3-6H,1-2H3;2H,1H3. The monoisotopic (exact) mass is 452 g/mol. The smallest absolute Gasteiger partial charge is 0.129 e. The van der Waals surface area contributed by atoms with Gasteiger partial charge in [-0.1, -0.05) is 86.9 Å². The molecule has 0 fully saturated rings. The summed E-state index contributed by atoms with van der Waals surface area (Å²) in [4.78, 5) is 19.5. The van der Waals surface area contributed by atoms with Gasteiger partial charge >= 0.3 is 0 Å². The van der Waals surface area contributed by atoms with Crippen molar-refractivity contribution in [1.29, 1.82) is 0 Å².